The molecule has 0 aliphatic heterocycles. The summed E-state index contributed by atoms with van der Waals surface area (Å²) in [4.78, 5) is 0. The van der Waals surface area contributed by atoms with Crippen molar-refractivity contribution < 1.29 is 0 Å². The van der Waals surface area contributed by atoms with Gasteiger partial charge >= 0.3 is 0 Å². The summed E-state index contributed by atoms with van der Waals surface area (Å²) in [6.45, 7) is 2.39. The maximum absolute atomic E-state index is 4.04. The van der Waals surface area contributed by atoms with Gasteiger partial charge in [-0.3, -0.25) is 4.68 Å². The third kappa shape index (κ3) is 1.98. The number of rotatable bonds is 3. The normalized spacial score (nSPS) is 21.9. The molecule has 1 atom stereocenters. The minimum absolute atomic E-state index is 0.350. The summed E-state index contributed by atoms with van der Waals surface area (Å²) < 4.78 is 1.89. The van der Waals surface area contributed by atoms with Gasteiger partial charge in [-0.05, 0) is 25.3 Å². The van der Waals surface area contributed by atoms with E-state index in [-0.39, 0.29) is 0 Å². The fourth-order valence-electron chi connectivity index (χ4n) is 3.06. The van der Waals surface area contributed by atoms with Crippen LogP contribution in [0.2, 0.25) is 0 Å². The molecule has 1 aliphatic carbocycles. The molecule has 2 rings (SSSR count). The van der Waals surface area contributed by atoms with Gasteiger partial charge in [0, 0.05) is 7.05 Å². The zero-order chi connectivity index (χ0) is 11.6. The monoisotopic (exact) mass is 222 g/mol. The van der Waals surface area contributed by atoms with Crippen molar-refractivity contribution in [1.82, 2.24) is 20.3 Å². The zero-order valence-electron chi connectivity index (χ0n) is 10.5. The average molecular weight is 222 g/mol. The number of nitrogens with zero attached hydrogens (tertiary/aromatic N) is 3. The lowest BCUT2D eigenvalue weighted by molar-refractivity contribution is 0.145. The second kappa shape index (κ2) is 4.53. The first-order valence-corrected chi connectivity index (χ1v) is 6.19. The predicted octanol–water partition coefficient (Wildman–Crippen LogP) is 2.05. The molecule has 4 nitrogen and oxygen atoms in total. The zero-order valence-corrected chi connectivity index (χ0v) is 10.5. The topological polar surface area (TPSA) is 42.7 Å². The van der Waals surface area contributed by atoms with E-state index in [1.807, 2.05) is 25.0 Å². The van der Waals surface area contributed by atoms with E-state index in [9.17, 15) is 0 Å². The molecule has 16 heavy (non-hydrogen) atoms. The van der Waals surface area contributed by atoms with Gasteiger partial charge in [0.2, 0.25) is 0 Å². The molecule has 0 amide bonds. The SMILES string of the molecule is CNC(c1cnnn1C)C1(C)CCCCC1. The first kappa shape index (κ1) is 11.6. The molecule has 0 radical (unpaired) electrons. The van der Waals surface area contributed by atoms with Crippen LogP contribution in [0.5, 0.6) is 0 Å². The Morgan fingerprint density at radius 3 is 2.56 bits per heavy atom. The number of aryl methyl sites for hydroxylation is 1. The van der Waals surface area contributed by atoms with E-state index in [2.05, 4.69) is 22.6 Å². The summed E-state index contributed by atoms with van der Waals surface area (Å²) in [5, 5.41) is 11.5. The smallest absolute Gasteiger partial charge is 0.0758 e. The van der Waals surface area contributed by atoms with E-state index >= 15 is 0 Å². The largest absolute Gasteiger partial charge is 0.311 e. The van der Waals surface area contributed by atoms with E-state index in [4.69, 9.17) is 0 Å². The van der Waals surface area contributed by atoms with Crippen molar-refractivity contribution in [3.8, 4) is 0 Å². The van der Waals surface area contributed by atoms with Gasteiger partial charge in [0.25, 0.3) is 0 Å². The van der Waals surface area contributed by atoms with Crippen molar-refractivity contribution in [1.29, 1.82) is 0 Å². The van der Waals surface area contributed by atoms with Crippen molar-refractivity contribution in [2.24, 2.45) is 12.5 Å². The van der Waals surface area contributed by atoms with Crippen LogP contribution in [0.15, 0.2) is 6.20 Å². The molecule has 4 heteroatoms. The fraction of sp³-hybridized carbons (Fsp3) is 0.833. The van der Waals surface area contributed by atoms with Gasteiger partial charge in [-0.25, -0.2) is 0 Å². The molecule has 0 aromatic carbocycles. The lowest BCUT2D eigenvalue weighted by Crippen LogP contribution is -2.37. The van der Waals surface area contributed by atoms with Gasteiger partial charge in [0.15, 0.2) is 0 Å². The van der Waals surface area contributed by atoms with Gasteiger partial charge < -0.3 is 5.32 Å². The molecule has 90 valence electrons. The summed E-state index contributed by atoms with van der Waals surface area (Å²) in [7, 11) is 4.01. The number of aromatic nitrogens is 3. The molecule has 1 saturated carbocycles. The first-order chi connectivity index (χ1) is 7.67. The molecule has 1 N–H and O–H groups in total. The summed E-state index contributed by atoms with van der Waals surface area (Å²) in [5.74, 6) is 0. The molecule has 0 spiro atoms. The Morgan fingerprint density at radius 1 is 1.38 bits per heavy atom. The van der Waals surface area contributed by atoms with Gasteiger partial charge in [0.05, 0.1) is 17.9 Å². The average Bonchev–Trinajstić information content (AvgIpc) is 2.67. The van der Waals surface area contributed by atoms with Gasteiger partial charge in [-0.2, -0.15) is 0 Å². The number of nitrogens with one attached hydrogen (secondary N) is 1. The summed E-state index contributed by atoms with van der Waals surface area (Å²) in [6.07, 6.45) is 8.56. The van der Waals surface area contributed by atoms with E-state index < -0.39 is 0 Å². The summed E-state index contributed by atoms with van der Waals surface area (Å²) in [6, 6.07) is 0.368. The molecule has 1 aromatic heterocycles. The molecule has 0 saturated heterocycles. The molecule has 1 unspecified atom stereocenters. The third-order valence-corrected chi connectivity index (χ3v) is 4.03. The molecular formula is C12H22N4. The van der Waals surface area contributed by atoms with E-state index in [0.29, 0.717) is 11.5 Å². The maximum atomic E-state index is 4.04. The van der Waals surface area contributed by atoms with Crippen molar-refractivity contribution in [3.63, 3.8) is 0 Å². The molecule has 1 aromatic rings. The summed E-state index contributed by atoms with van der Waals surface area (Å²) >= 11 is 0. The van der Waals surface area contributed by atoms with Crippen LogP contribution in [0.1, 0.15) is 50.8 Å². The molecule has 1 heterocycles. The van der Waals surface area contributed by atoms with Crippen LogP contribution in [0.4, 0.5) is 0 Å². The third-order valence-electron chi connectivity index (χ3n) is 4.03. The van der Waals surface area contributed by atoms with E-state index in [1.54, 1.807) is 0 Å². The van der Waals surface area contributed by atoms with Crippen LogP contribution in [0, 0.1) is 5.41 Å². The second-order valence-electron chi connectivity index (χ2n) is 5.22. The molecule has 1 fully saturated rings. The van der Waals surface area contributed by atoms with Crippen molar-refractivity contribution in [2.45, 2.75) is 45.1 Å². The fourth-order valence-corrected chi connectivity index (χ4v) is 3.06. The van der Waals surface area contributed by atoms with Crippen LogP contribution in [0.25, 0.3) is 0 Å². The van der Waals surface area contributed by atoms with Crippen LogP contribution in [-0.4, -0.2) is 22.0 Å². The Kier molecular flexibility index (Phi) is 3.28. The Hall–Kier alpha value is -0.900. The van der Waals surface area contributed by atoms with Crippen molar-refractivity contribution >= 4 is 0 Å². The van der Waals surface area contributed by atoms with Crippen molar-refractivity contribution in [2.75, 3.05) is 7.05 Å². The van der Waals surface area contributed by atoms with Crippen molar-refractivity contribution in [3.05, 3.63) is 11.9 Å². The minimum Gasteiger partial charge on any atom is -0.311 e. The van der Waals surface area contributed by atoms with Crippen LogP contribution in [0.3, 0.4) is 0 Å². The van der Waals surface area contributed by atoms with E-state index in [1.165, 1.54) is 37.8 Å². The molecule has 0 bridgehead atoms. The Balaban J connectivity index is 2.24. The minimum atomic E-state index is 0.350. The molecule has 1 aliphatic rings. The highest BCUT2D eigenvalue weighted by molar-refractivity contribution is 5.08. The molecular weight excluding hydrogens is 200 g/mol. The van der Waals surface area contributed by atoms with Gasteiger partial charge in [0.1, 0.15) is 0 Å². The quantitative estimate of drug-likeness (QED) is 0.851. The number of hydrogen-bond acceptors (Lipinski definition) is 3. The van der Waals surface area contributed by atoms with Gasteiger partial charge in [-0.1, -0.05) is 31.4 Å². The second-order valence-corrected chi connectivity index (χ2v) is 5.22. The van der Waals surface area contributed by atoms with Gasteiger partial charge in [-0.15, -0.1) is 5.10 Å². The highest BCUT2D eigenvalue weighted by Crippen LogP contribution is 2.45. The van der Waals surface area contributed by atoms with Crippen LogP contribution < -0.4 is 5.32 Å². The van der Waals surface area contributed by atoms with E-state index in [0.717, 1.165) is 0 Å². The van der Waals surface area contributed by atoms with Crippen LogP contribution in [-0.2, 0) is 7.05 Å². The predicted molar refractivity (Wildman–Crippen MR) is 64.0 cm³/mol. The lowest BCUT2D eigenvalue weighted by atomic mass is 9.69. The number of hydrogen-bond donors (Lipinski definition) is 1. The highest BCUT2D eigenvalue weighted by Gasteiger charge is 2.37. The lowest BCUT2D eigenvalue weighted by Gasteiger charge is -2.40. The maximum Gasteiger partial charge on any atom is 0.0758 e. The Bertz CT molecular complexity index is 339. The van der Waals surface area contributed by atoms with Crippen LogP contribution >= 0.6 is 0 Å². The Morgan fingerprint density at radius 2 is 2.06 bits per heavy atom. The Labute approximate surface area is 97.4 Å². The first-order valence-electron chi connectivity index (χ1n) is 6.19. The standard InChI is InChI=1S/C12H22N4/c1-12(7-5-4-6-8-12)11(13-2)10-9-14-15-16(10)3/h9,11,13H,4-8H2,1-3H3. The summed E-state index contributed by atoms with van der Waals surface area (Å²) in [5.41, 5.74) is 1.55. The highest BCUT2D eigenvalue weighted by atomic mass is 15.4.